The first-order valence-corrected chi connectivity index (χ1v) is 11.3. The number of thioether (sulfide) groups is 1. The lowest BCUT2D eigenvalue weighted by atomic mass is 10.0. The number of aliphatic imine (C=N–C) groups is 2. The lowest BCUT2D eigenvalue weighted by Crippen LogP contribution is -2.36. The molecule has 3 aliphatic rings. The van der Waals surface area contributed by atoms with Gasteiger partial charge in [-0.2, -0.15) is 0 Å². The zero-order valence-corrected chi connectivity index (χ0v) is 18.5. The monoisotopic (exact) mass is 448 g/mol. The van der Waals surface area contributed by atoms with Crippen LogP contribution >= 0.6 is 23.4 Å². The molecule has 1 aromatic carbocycles. The Morgan fingerprint density at radius 1 is 1.30 bits per heavy atom. The van der Waals surface area contributed by atoms with E-state index in [-0.39, 0.29) is 12.0 Å². The van der Waals surface area contributed by atoms with Crippen LogP contribution in [0.4, 0.5) is 5.69 Å². The number of morpholine rings is 1. The van der Waals surface area contributed by atoms with Gasteiger partial charge in [-0.25, -0.2) is 9.98 Å². The number of rotatable bonds is 5. The Morgan fingerprint density at radius 3 is 2.63 bits per heavy atom. The molecule has 0 amide bonds. The normalized spacial score (nSPS) is 22.4. The molecule has 2 N–H and O–H groups in total. The molecule has 0 saturated carbocycles. The molecular weight excluding hydrogens is 424 g/mol. The Labute approximate surface area is 185 Å². The summed E-state index contributed by atoms with van der Waals surface area (Å²) in [6, 6.07) is 8.13. The molecular formula is C21H25ClN4O3S. The molecule has 1 fully saturated rings. The van der Waals surface area contributed by atoms with Crippen LogP contribution < -0.4 is 10.2 Å². The Balaban J connectivity index is 1.47. The number of ether oxygens (including phenoxy) is 1. The molecule has 0 aliphatic carbocycles. The summed E-state index contributed by atoms with van der Waals surface area (Å²) in [6.07, 6.45) is 0.553. The zero-order valence-electron chi connectivity index (χ0n) is 17.0. The molecule has 3 heterocycles. The van der Waals surface area contributed by atoms with Crippen LogP contribution in [0.2, 0.25) is 0 Å². The number of carbonyl (C=O) groups is 1. The first-order valence-electron chi connectivity index (χ1n) is 10.1. The molecule has 1 saturated heterocycles. The number of carboxylic acids is 1. The van der Waals surface area contributed by atoms with Crippen molar-refractivity contribution in [3.63, 3.8) is 0 Å². The summed E-state index contributed by atoms with van der Waals surface area (Å²) in [5, 5.41) is 13.4. The highest BCUT2D eigenvalue weighted by molar-refractivity contribution is 8.15. The standard InChI is InChI=1S/C21H25ClN4O3S/c1-12(2)18(20(27)28)30-21-23-16-11-15(22)17(24-19(16)25-21)13-3-5-14(6-4-13)26-7-9-29-10-8-26/h3-6,12,16,18H,7-11H2,1-2H3,(H,27,28)(H,23,24,25). The van der Waals surface area contributed by atoms with E-state index >= 15 is 0 Å². The number of benzene rings is 1. The van der Waals surface area contributed by atoms with E-state index < -0.39 is 11.2 Å². The van der Waals surface area contributed by atoms with Crippen molar-refractivity contribution in [2.75, 3.05) is 31.2 Å². The first kappa shape index (κ1) is 21.2. The van der Waals surface area contributed by atoms with Crippen LogP contribution in [0.1, 0.15) is 25.8 Å². The highest BCUT2D eigenvalue weighted by Crippen LogP contribution is 2.33. The molecule has 0 radical (unpaired) electrons. The van der Waals surface area contributed by atoms with Crippen molar-refractivity contribution >= 4 is 51.7 Å². The largest absolute Gasteiger partial charge is 0.480 e. The van der Waals surface area contributed by atoms with Crippen molar-refractivity contribution in [2.45, 2.75) is 31.6 Å². The van der Waals surface area contributed by atoms with Crippen LogP contribution in [-0.4, -0.2) is 59.7 Å². The minimum atomic E-state index is -0.849. The number of hydrogen-bond donors (Lipinski definition) is 2. The van der Waals surface area contributed by atoms with Gasteiger partial charge in [0.25, 0.3) is 0 Å². The minimum absolute atomic E-state index is 0.0201. The molecule has 7 nitrogen and oxygen atoms in total. The lowest BCUT2D eigenvalue weighted by Gasteiger charge is -2.29. The predicted octanol–water partition coefficient (Wildman–Crippen LogP) is 3.40. The molecule has 1 aromatic rings. The molecule has 2 unspecified atom stereocenters. The van der Waals surface area contributed by atoms with Gasteiger partial charge in [0, 0.05) is 30.2 Å². The molecule has 160 valence electrons. The number of fused-ring (bicyclic) bond motifs is 1. The third-order valence-electron chi connectivity index (χ3n) is 5.31. The van der Waals surface area contributed by atoms with Gasteiger partial charge < -0.3 is 20.1 Å². The van der Waals surface area contributed by atoms with Crippen molar-refractivity contribution in [3.05, 3.63) is 34.9 Å². The summed E-state index contributed by atoms with van der Waals surface area (Å²) < 4.78 is 5.42. The second kappa shape index (κ2) is 8.99. The summed E-state index contributed by atoms with van der Waals surface area (Å²) in [4.78, 5) is 22.9. The molecule has 0 bridgehead atoms. The SMILES string of the molecule is CC(C)C(SC1=NC2CC(Cl)=C(c3ccc(N4CCOCC4)cc3)NC2=N1)C(=O)O. The second-order valence-corrected chi connectivity index (χ2v) is 9.37. The average molecular weight is 449 g/mol. The maximum Gasteiger partial charge on any atom is 0.317 e. The third kappa shape index (κ3) is 4.50. The van der Waals surface area contributed by atoms with Crippen LogP contribution in [0.25, 0.3) is 5.70 Å². The lowest BCUT2D eigenvalue weighted by molar-refractivity contribution is -0.137. The fourth-order valence-electron chi connectivity index (χ4n) is 3.65. The molecule has 0 aromatic heterocycles. The van der Waals surface area contributed by atoms with Gasteiger partial charge in [-0.3, -0.25) is 4.79 Å². The van der Waals surface area contributed by atoms with E-state index in [1.165, 1.54) is 17.4 Å². The summed E-state index contributed by atoms with van der Waals surface area (Å²) >= 11 is 7.79. The Hall–Kier alpha value is -2.03. The van der Waals surface area contributed by atoms with Gasteiger partial charge in [0.1, 0.15) is 17.1 Å². The van der Waals surface area contributed by atoms with Crippen LogP contribution in [0.3, 0.4) is 0 Å². The van der Waals surface area contributed by atoms with E-state index in [1.54, 1.807) is 0 Å². The summed E-state index contributed by atoms with van der Waals surface area (Å²) in [5.41, 5.74) is 2.99. The maximum absolute atomic E-state index is 11.5. The topological polar surface area (TPSA) is 86.5 Å². The van der Waals surface area contributed by atoms with E-state index in [4.69, 9.17) is 16.3 Å². The van der Waals surface area contributed by atoms with E-state index in [1.807, 2.05) is 13.8 Å². The van der Waals surface area contributed by atoms with Crippen molar-refractivity contribution in [1.29, 1.82) is 0 Å². The average Bonchev–Trinajstić information content (AvgIpc) is 3.13. The summed E-state index contributed by atoms with van der Waals surface area (Å²) in [7, 11) is 0. The number of nitrogens with zero attached hydrogens (tertiary/aromatic N) is 3. The number of amidine groups is 2. The smallest absolute Gasteiger partial charge is 0.317 e. The van der Waals surface area contributed by atoms with Gasteiger partial charge in [0.15, 0.2) is 5.17 Å². The van der Waals surface area contributed by atoms with Crippen LogP contribution in [0.5, 0.6) is 0 Å². The first-order chi connectivity index (χ1) is 14.4. The highest BCUT2D eigenvalue weighted by atomic mass is 35.5. The van der Waals surface area contributed by atoms with E-state index in [9.17, 15) is 9.90 Å². The van der Waals surface area contributed by atoms with Crippen molar-refractivity contribution < 1.29 is 14.6 Å². The fourth-order valence-corrected chi connectivity index (χ4v) is 4.90. The highest BCUT2D eigenvalue weighted by Gasteiger charge is 2.33. The summed E-state index contributed by atoms with van der Waals surface area (Å²) in [6.45, 7) is 7.06. The van der Waals surface area contributed by atoms with Gasteiger partial charge in [-0.05, 0) is 23.6 Å². The number of nitrogens with one attached hydrogen (secondary N) is 1. The fraction of sp³-hybridized carbons (Fsp3) is 0.476. The van der Waals surface area contributed by atoms with Crippen LogP contribution in [0.15, 0.2) is 39.3 Å². The number of hydrogen-bond acceptors (Lipinski definition) is 7. The van der Waals surface area contributed by atoms with Crippen molar-refractivity contribution in [2.24, 2.45) is 15.9 Å². The minimum Gasteiger partial charge on any atom is -0.480 e. The third-order valence-corrected chi connectivity index (χ3v) is 7.06. The van der Waals surface area contributed by atoms with E-state index in [0.29, 0.717) is 16.6 Å². The maximum atomic E-state index is 11.5. The van der Waals surface area contributed by atoms with Gasteiger partial charge in [0.05, 0.1) is 18.9 Å². The summed E-state index contributed by atoms with van der Waals surface area (Å²) in [5.74, 6) is -0.145. The number of aliphatic carboxylic acids is 1. The van der Waals surface area contributed by atoms with E-state index in [2.05, 4.69) is 44.5 Å². The molecule has 30 heavy (non-hydrogen) atoms. The van der Waals surface area contributed by atoms with Gasteiger partial charge in [-0.1, -0.05) is 49.3 Å². The predicted molar refractivity (Wildman–Crippen MR) is 123 cm³/mol. The van der Waals surface area contributed by atoms with Crippen LogP contribution in [-0.2, 0) is 9.53 Å². The zero-order chi connectivity index (χ0) is 21.3. The second-order valence-electron chi connectivity index (χ2n) is 7.80. The van der Waals surface area contributed by atoms with Gasteiger partial charge >= 0.3 is 5.97 Å². The van der Waals surface area contributed by atoms with Crippen LogP contribution in [0, 0.1) is 5.92 Å². The number of anilines is 1. The molecule has 9 heteroatoms. The van der Waals surface area contributed by atoms with E-state index in [0.717, 1.165) is 43.4 Å². The molecule has 0 spiro atoms. The Kier molecular flexibility index (Phi) is 6.36. The quantitative estimate of drug-likeness (QED) is 0.717. The molecule has 3 aliphatic heterocycles. The Morgan fingerprint density at radius 2 is 2.00 bits per heavy atom. The van der Waals surface area contributed by atoms with Crippen molar-refractivity contribution in [3.8, 4) is 0 Å². The number of halogens is 1. The molecule has 4 rings (SSSR count). The van der Waals surface area contributed by atoms with Gasteiger partial charge in [-0.15, -0.1) is 0 Å². The van der Waals surface area contributed by atoms with Crippen molar-refractivity contribution in [1.82, 2.24) is 5.32 Å². The molecule has 2 atom stereocenters. The number of carboxylic acid groups (broad SMARTS) is 1. The van der Waals surface area contributed by atoms with Gasteiger partial charge in [0.2, 0.25) is 0 Å². The Bertz CT molecular complexity index is 907.